The van der Waals surface area contributed by atoms with Crippen LogP contribution in [0.5, 0.6) is 5.75 Å². The first kappa shape index (κ1) is 19.3. The van der Waals surface area contributed by atoms with E-state index in [1.54, 1.807) is 14.0 Å². The number of quaternary nitrogens is 1. The van der Waals surface area contributed by atoms with Gasteiger partial charge in [0, 0.05) is 23.8 Å². The van der Waals surface area contributed by atoms with Gasteiger partial charge in [0.05, 0.1) is 39.0 Å². The Morgan fingerprint density at radius 3 is 2.55 bits per heavy atom. The fourth-order valence-electron chi connectivity index (χ4n) is 3.99. The van der Waals surface area contributed by atoms with Gasteiger partial charge in [0.25, 0.3) is 5.91 Å². The molecule has 1 aliphatic rings. The first-order valence-corrected chi connectivity index (χ1v) is 9.88. The number of carbonyl (C=O) groups is 2. The summed E-state index contributed by atoms with van der Waals surface area (Å²) >= 11 is 0. The smallest absolute Gasteiger partial charge is 0.282 e. The van der Waals surface area contributed by atoms with Crippen LogP contribution in [0.25, 0.3) is 21.9 Å². The van der Waals surface area contributed by atoms with Gasteiger partial charge in [0.1, 0.15) is 16.9 Å². The zero-order valence-corrected chi connectivity index (χ0v) is 17.0. The highest BCUT2D eigenvalue weighted by Crippen LogP contribution is 2.36. The number of para-hydroxylation sites is 1. The fraction of sp³-hybridized carbons (Fsp3) is 0.364. The molecule has 2 N–H and O–H groups in total. The summed E-state index contributed by atoms with van der Waals surface area (Å²) in [4.78, 5) is 27.4. The van der Waals surface area contributed by atoms with Crippen LogP contribution in [0.2, 0.25) is 0 Å². The van der Waals surface area contributed by atoms with Crippen LogP contribution in [0.4, 0.5) is 5.69 Å². The minimum Gasteiger partial charge on any atom is -0.495 e. The molecule has 7 nitrogen and oxygen atoms in total. The minimum absolute atomic E-state index is 0.0787. The fourth-order valence-corrected chi connectivity index (χ4v) is 3.99. The number of nitrogens with one attached hydrogen (secondary N) is 2. The Balaban J connectivity index is 1.54. The normalized spacial score (nSPS) is 16.2. The van der Waals surface area contributed by atoms with E-state index in [1.165, 1.54) is 4.90 Å². The summed E-state index contributed by atoms with van der Waals surface area (Å²) in [5.41, 5.74) is 2.10. The maximum absolute atomic E-state index is 12.9. The molecule has 0 unspecified atom stereocenters. The van der Waals surface area contributed by atoms with Gasteiger partial charge in [-0.15, -0.1) is 0 Å². The van der Waals surface area contributed by atoms with Crippen LogP contribution in [0, 0.1) is 0 Å². The molecule has 7 heteroatoms. The number of furan rings is 1. The van der Waals surface area contributed by atoms with Gasteiger partial charge in [-0.25, -0.2) is 0 Å². The highest BCUT2D eigenvalue weighted by molar-refractivity contribution is 6.08. The Kier molecular flexibility index (Phi) is 5.15. The number of methoxy groups -OCH3 is 1. The highest BCUT2D eigenvalue weighted by atomic mass is 16.5. The zero-order chi connectivity index (χ0) is 20.5. The molecule has 2 heterocycles. The van der Waals surface area contributed by atoms with Crippen molar-refractivity contribution < 1.29 is 23.6 Å². The predicted octanol–water partition coefficient (Wildman–Crippen LogP) is 1.67. The van der Waals surface area contributed by atoms with Crippen LogP contribution in [0.15, 0.2) is 40.8 Å². The second-order valence-electron chi connectivity index (χ2n) is 7.52. The zero-order valence-electron chi connectivity index (χ0n) is 17.0. The number of nitrogens with zero attached hydrogens (tertiary/aromatic N) is 1. The van der Waals surface area contributed by atoms with E-state index >= 15 is 0 Å². The molecular formula is C22H26N3O4+. The van der Waals surface area contributed by atoms with E-state index in [0.717, 1.165) is 29.4 Å². The number of ether oxygens (including phenoxy) is 1. The number of carbonyl (C=O) groups excluding carboxylic acids is 2. The molecule has 0 saturated carbocycles. The molecular weight excluding hydrogens is 370 g/mol. The van der Waals surface area contributed by atoms with Crippen molar-refractivity contribution in [3.8, 4) is 5.75 Å². The highest BCUT2D eigenvalue weighted by Gasteiger charge is 2.30. The first-order valence-electron chi connectivity index (χ1n) is 9.88. The topological polar surface area (TPSA) is 76.2 Å². The molecule has 152 valence electrons. The van der Waals surface area contributed by atoms with E-state index < -0.39 is 0 Å². The molecule has 0 spiro atoms. The lowest BCUT2D eigenvalue weighted by Gasteiger charge is -2.34. The molecule has 1 aromatic heterocycles. The number of piperazine rings is 1. The molecule has 0 bridgehead atoms. The third-order valence-corrected chi connectivity index (χ3v) is 5.81. The quantitative estimate of drug-likeness (QED) is 0.703. The maximum atomic E-state index is 12.9. The summed E-state index contributed by atoms with van der Waals surface area (Å²) in [6.45, 7) is 6.37. The van der Waals surface area contributed by atoms with E-state index in [1.807, 2.05) is 48.2 Å². The van der Waals surface area contributed by atoms with E-state index in [0.29, 0.717) is 30.1 Å². The summed E-state index contributed by atoms with van der Waals surface area (Å²) in [5.74, 6) is 0.607. The van der Waals surface area contributed by atoms with Gasteiger partial charge in [0.2, 0.25) is 5.91 Å². The SMILES string of the molecule is COc1cc2c(cc1NC(=O)[C@@H](C)[NH+]1CCN(C(C)=O)CC1)oc1ccccc12. The van der Waals surface area contributed by atoms with E-state index in [9.17, 15) is 9.59 Å². The van der Waals surface area contributed by atoms with Crippen LogP contribution in [-0.4, -0.2) is 56.0 Å². The summed E-state index contributed by atoms with van der Waals surface area (Å²) in [6.07, 6.45) is 0. The van der Waals surface area contributed by atoms with Gasteiger partial charge in [0.15, 0.2) is 6.04 Å². The second kappa shape index (κ2) is 7.75. The monoisotopic (exact) mass is 396 g/mol. The number of benzene rings is 2. The van der Waals surface area contributed by atoms with Crippen molar-refractivity contribution in [3.05, 3.63) is 36.4 Å². The molecule has 1 fully saturated rings. The predicted molar refractivity (Wildman–Crippen MR) is 111 cm³/mol. The molecule has 3 aromatic rings. The molecule has 1 atom stereocenters. The molecule has 1 aliphatic heterocycles. The standard InChI is InChI=1S/C22H25N3O4/c1-14(24-8-10-25(11-9-24)15(2)26)22(27)23-18-13-20-17(12-21(18)28-3)16-6-4-5-7-19(16)29-20/h4-7,12-14H,8-11H2,1-3H3,(H,23,27)/p+1/t14-/m1/s1. The van der Waals surface area contributed by atoms with Crippen molar-refractivity contribution in [2.24, 2.45) is 0 Å². The van der Waals surface area contributed by atoms with Crippen LogP contribution >= 0.6 is 0 Å². The summed E-state index contributed by atoms with van der Waals surface area (Å²) in [5, 5.41) is 4.97. The van der Waals surface area contributed by atoms with Crippen molar-refractivity contribution in [3.63, 3.8) is 0 Å². The van der Waals surface area contributed by atoms with Gasteiger partial charge >= 0.3 is 0 Å². The number of fused-ring (bicyclic) bond motifs is 3. The molecule has 1 saturated heterocycles. The number of anilines is 1. The Hall–Kier alpha value is -3.06. The number of amides is 2. The van der Waals surface area contributed by atoms with Crippen molar-refractivity contribution >= 4 is 39.4 Å². The van der Waals surface area contributed by atoms with Crippen LogP contribution < -0.4 is 15.0 Å². The maximum Gasteiger partial charge on any atom is 0.282 e. The third kappa shape index (κ3) is 3.65. The third-order valence-electron chi connectivity index (χ3n) is 5.81. The lowest BCUT2D eigenvalue weighted by Crippen LogP contribution is -3.19. The molecule has 0 radical (unpaired) electrons. The number of hydrogen-bond donors (Lipinski definition) is 2. The average Bonchev–Trinajstić information content (AvgIpc) is 3.09. The number of hydrogen-bond acceptors (Lipinski definition) is 4. The Bertz CT molecular complexity index is 1070. The second-order valence-corrected chi connectivity index (χ2v) is 7.52. The van der Waals surface area contributed by atoms with Crippen molar-refractivity contribution in [2.45, 2.75) is 19.9 Å². The Morgan fingerprint density at radius 1 is 1.14 bits per heavy atom. The van der Waals surface area contributed by atoms with Gasteiger partial charge in [-0.2, -0.15) is 0 Å². The minimum atomic E-state index is -0.236. The van der Waals surface area contributed by atoms with Crippen LogP contribution in [-0.2, 0) is 9.59 Å². The van der Waals surface area contributed by atoms with Crippen LogP contribution in [0.1, 0.15) is 13.8 Å². The largest absolute Gasteiger partial charge is 0.495 e. The molecule has 2 aromatic carbocycles. The first-order chi connectivity index (χ1) is 14.0. The molecule has 4 rings (SSSR count). The summed E-state index contributed by atoms with van der Waals surface area (Å²) in [6, 6.07) is 11.3. The van der Waals surface area contributed by atoms with Crippen molar-refractivity contribution in [2.75, 3.05) is 38.6 Å². The molecule has 0 aliphatic carbocycles. The average molecular weight is 396 g/mol. The van der Waals surface area contributed by atoms with E-state index in [4.69, 9.17) is 9.15 Å². The van der Waals surface area contributed by atoms with Crippen molar-refractivity contribution in [1.29, 1.82) is 0 Å². The summed E-state index contributed by atoms with van der Waals surface area (Å²) < 4.78 is 11.5. The lowest BCUT2D eigenvalue weighted by molar-refractivity contribution is -0.917. The van der Waals surface area contributed by atoms with Gasteiger partial charge in [-0.3, -0.25) is 9.59 Å². The number of rotatable bonds is 4. The van der Waals surface area contributed by atoms with E-state index in [-0.39, 0.29) is 17.9 Å². The van der Waals surface area contributed by atoms with Gasteiger partial charge < -0.3 is 24.3 Å². The van der Waals surface area contributed by atoms with E-state index in [2.05, 4.69) is 5.32 Å². The Labute approximate surface area is 169 Å². The molecule has 29 heavy (non-hydrogen) atoms. The Morgan fingerprint density at radius 2 is 1.86 bits per heavy atom. The van der Waals surface area contributed by atoms with Crippen LogP contribution in [0.3, 0.4) is 0 Å². The summed E-state index contributed by atoms with van der Waals surface area (Å²) in [7, 11) is 1.59. The van der Waals surface area contributed by atoms with Crippen molar-refractivity contribution in [1.82, 2.24) is 4.90 Å². The van der Waals surface area contributed by atoms with Gasteiger partial charge in [-0.05, 0) is 19.1 Å². The molecule has 2 amide bonds. The van der Waals surface area contributed by atoms with Gasteiger partial charge in [-0.1, -0.05) is 18.2 Å². The lowest BCUT2D eigenvalue weighted by atomic mass is 10.1.